The molecule has 44 heavy (non-hydrogen) atoms. The van der Waals surface area contributed by atoms with Crippen LogP contribution in [0, 0.1) is 17.8 Å². The number of benzene rings is 2. The third-order valence-electron chi connectivity index (χ3n) is 9.06. The molecule has 2 aliphatic rings. The van der Waals surface area contributed by atoms with E-state index >= 15 is 0 Å². The third kappa shape index (κ3) is 5.96. The van der Waals surface area contributed by atoms with Gasteiger partial charge in [0.2, 0.25) is 0 Å². The molecule has 4 aromatic rings. The second-order valence-electron chi connectivity index (χ2n) is 11.8. The van der Waals surface area contributed by atoms with E-state index in [4.69, 9.17) is 21.1 Å². The number of halogens is 1. The van der Waals surface area contributed by atoms with Crippen LogP contribution < -0.4 is 10.1 Å². The summed E-state index contributed by atoms with van der Waals surface area (Å²) in [6.45, 7) is 2.66. The van der Waals surface area contributed by atoms with Crippen LogP contribution in [0.5, 0.6) is 5.75 Å². The largest absolute Gasteiger partial charge is 0.491 e. The van der Waals surface area contributed by atoms with Gasteiger partial charge in [-0.25, -0.2) is 4.79 Å². The molecule has 2 aromatic carbocycles. The van der Waals surface area contributed by atoms with E-state index in [0.717, 1.165) is 53.8 Å². The Hall–Kier alpha value is -3.79. The Labute approximate surface area is 268 Å². The van der Waals surface area contributed by atoms with Gasteiger partial charge < -0.3 is 14.8 Å². The van der Waals surface area contributed by atoms with Crippen LogP contribution in [-0.2, 0) is 14.9 Å². The molecule has 0 saturated heterocycles. The molecule has 6 rings (SSSR count). The van der Waals surface area contributed by atoms with Gasteiger partial charge in [-0.3, -0.25) is 4.98 Å². The Balaban J connectivity index is 1.28. The van der Waals surface area contributed by atoms with Crippen LogP contribution in [-0.4, -0.2) is 30.2 Å². The van der Waals surface area contributed by atoms with Gasteiger partial charge in [-0.15, -0.1) is 17.3 Å². The van der Waals surface area contributed by atoms with Gasteiger partial charge in [-0.05, 0) is 85.4 Å². The highest BCUT2D eigenvalue weighted by molar-refractivity contribution is 7.17. The normalized spacial score (nSPS) is 21.2. The Morgan fingerprint density at radius 3 is 2.75 bits per heavy atom. The lowest BCUT2D eigenvalue weighted by atomic mass is 9.61. The van der Waals surface area contributed by atoms with Crippen LogP contribution in [0.1, 0.15) is 63.0 Å². The van der Waals surface area contributed by atoms with Crippen molar-refractivity contribution in [3.8, 4) is 17.6 Å². The van der Waals surface area contributed by atoms with E-state index in [1.165, 1.54) is 23.8 Å². The summed E-state index contributed by atoms with van der Waals surface area (Å²) in [6.07, 6.45) is 9.75. The van der Waals surface area contributed by atoms with Crippen molar-refractivity contribution in [3.05, 3.63) is 94.0 Å². The summed E-state index contributed by atoms with van der Waals surface area (Å²) < 4.78 is 12.9. The van der Waals surface area contributed by atoms with Gasteiger partial charge >= 0.3 is 5.97 Å². The van der Waals surface area contributed by atoms with E-state index in [2.05, 4.69) is 59.4 Å². The quantitative estimate of drug-likeness (QED) is 0.149. The van der Waals surface area contributed by atoms with E-state index in [-0.39, 0.29) is 17.3 Å². The first-order chi connectivity index (χ1) is 21.5. The number of carbonyl (C=O) groups excluding carboxylic acids is 1. The molecule has 5 nitrogen and oxygen atoms in total. The number of fused-ring (bicyclic) bond motifs is 3. The average molecular weight is 625 g/mol. The average Bonchev–Trinajstić information content (AvgIpc) is 3.64. The number of methoxy groups -OCH3 is 1. The van der Waals surface area contributed by atoms with Gasteiger partial charge in [0, 0.05) is 28.7 Å². The summed E-state index contributed by atoms with van der Waals surface area (Å²) in [6, 6.07) is 20.2. The molecular formula is C37H37ClN2O3S. The molecule has 0 amide bonds. The lowest BCUT2D eigenvalue weighted by molar-refractivity contribution is -0.147. The van der Waals surface area contributed by atoms with E-state index in [0.29, 0.717) is 24.5 Å². The fraction of sp³-hybridized carbons (Fsp3) is 0.351. The first-order valence-corrected chi connectivity index (χ1v) is 16.6. The molecule has 0 bridgehead atoms. The Morgan fingerprint density at radius 1 is 1.11 bits per heavy atom. The van der Waals surface area contributed by atoms with E-state index < -0.39 is 5.54 Å². The monoisotopic (exact) mass is 624 g/mol. The van der Waals surface area contributed by atoms with Gasteiger partial charge in [0.25, 0.3) is 0 Å². The highest BCUT2D eigenvalue weighted by Gasteiger charge is 2.52. The molecule has 2 aromatic heterocycles. The van der Waals surface area contributed by atoms with Crippen LogP contribution in [0.3, 0.4) is 0 Å². The van der Waals surface area contributed by atoms with Gasteiger partial charge in [0.15, 0.2) is 0 Å². The topological polar surface area (TPSA) is 60.5 Å². The van der Waals surface area contributed by atoms with Crippen molar-refractivity contribution in [3.63, 3.8) is 0 Å². The molecule has 1 spiro atoms. The zero-order valence-corrected chi connectivity index (χ0v) is 26.8. The molecule has 2 heterocycles. The van der Waals surface area contributed by atoms with Crippen molar-refractivity contribution in [1.82, 2.24) is 4.98 Å². The summed E-state index contributed by atoms with van der Waals surface area (Å²) in [5.41, 5.74) is 4.74. The fourth-order valence-electron chi connectivity index (χ4n) is 6.84. The minimum absolute atomic E-state index is 0.0269. The van der Waals surface area contributed by atoms with Gasteiger partial charge in [0.05, 0.1) is 23.2 Å². The fourth-order valence-corrected chi connectivity index (χ4v) is 7.84. The van der Waals surface area contributed by atoms with Gasteiger partial charge in [0.1, 0.15) is 17.9 Å². The van der Waals surface area contributed by atoms with Crippen LogP contribution >= 0.6 is 22.9 Å². The van der Waals surface area contributed by atoms with Crippen molar-refractivity contribution in [2.45, 2.75) is 62.8 Å². The smallest absolute Gasteiger partial charge is 0.331 e. The highest BCUT2D eigenvalue weighted by atomic mass is 35.5. The third-order valence-corrected chi connectivity index (χ3v) is 10.2. The summed E-state index contributed by atoms with van der Waals surface area (Å²) in [5.74, 6) is 7.62. The molecule has 7 heteroatoms. The summed E-state index contributed by atoms with van der Waals surface area (Å²) >= 11 is 7.94. The number of thiophene rings is 1. The first-order valence-electron chi connectivity index (χ1n) is 15.3. The molecule has 1 saturated carbocycles. The minimum Gasteiger partial charge on any atom is -0.491 e. The molecule has 1 N–H and O–H groups in total. The number of allylic oxidation sites excluding steroid dienone is 1. The zero-order chi connectivity index (χ0) is 30.6. The number of nitrogens with one attached hydrogen (secondary N) is 1. The molecule has 0 radical (unpaired) electrons. The number of nitrogens with zero attached hydrogens (tertiary/aromatic N) is 1. The maximum Gasteiger partial charge on any atom is 0.331 e. The van der Waals surface area contributed by atoms with Crippen molar-refractivity contribution < 1.29 is 14.3 Å². The molecular weight excluding hydrogens is 588 g/mol. The van der Waals surface area contributed by atoms with Crippen molar-refractivity contribution >= 4 is 50.9 Å². The summed E-state index contributed by atoms with van der Waals surface area (Å²) in [4.78, 5) is 17.8. The summed E-state index contributed by atoms with van der Waals surface area (Å²) in [5, 5.41) is 6.21. The zero-order valence-electron chi connectivity index (χ0n) is 25.2. The Morgan fingerprint density at radius 2 is 1.95 bits per heavy atom. The van der Waals surface area contributed by atoms with Crippen molar-refractivity contribution in [2.75, 3.05) is 19.0 Å². The number of aromatic nitrogens is 1. The molecule has 226 valence electrons. The van der Waals surface area contributed by atoms with Crippen LogP contribution in [0.2, 0.25) is 5.02 Å². The maximum atomic E-state index is 13.4. The van der Waals surface area contributed by atoms with Gasteiger partial charge in [-0.2, -0.15) is 0 Å². The minimum atomic E-state index is -0.829. The first kappa shape index (κ1) is 30.2. The van der Waals surface area contributed by atoms with E-state index in [1.807, 2.05) is 41.8 Å². The molecule has 2 aliphatic carbocycles. The lowest BCUT2D eigenvalue weighted by Gasteiger charge is -2.46. The van der Waals surface area contributed by atoms with E-state index in [9.17, 15) is 4.79 Å². The summed E-state index contributed by atoms with van der Waals surface area (Å²) in [7, 11) is 1.47. The highest BCUT2D eigenvalue weighted by Crippen LogP contribution is 2.55. The number of rotatable bonds is 9. The van der Waals surface area contributed by atoms with Crippen LogP contribution in [0.25, 0.3) is 16.3 Å². The van der Waals surface area contributed by atoms with Crippen molar-refractivity contribution in [1.29, 1.82) is 0 Å². The van der Waals surface area contributed by atoms with Crippen LogP contribution in [0.15, 0.2) is 77.8 Å². The number of pyridine rings is 1. The van der Waals surface area contributed by atoms with E-state index in [1.54, 1.807) is 17.5 Å². The molecule has 0 unspecified atom stereocenters. The number of carbonyl (C=O) groups is 1. The number of esters is 1. The Bertz CT molecular complexity index is 1740. The molecule has 1 fully saturated rings. The maximum absolute atomic E-state index is 13.4. The van der Waals surface area contributed by atoms with Crippen molar-refractivity contribution in [2.24, 2.45) is 5.92 Å². The number of unbranched alkanes of at least 4 members (excludes halogenated alkanes) is 1. The standard InChI is InChI=1S/C37H37ClN2O3S/c1-3-4-5-9-26(25-43-33-14-20-39-32-15-21-44-34(32)33)22-28-23-27-10-6-7-13-31(27)36(28)16-18-37(19-17-36,35(41)42-2)40-30-12-8-11-29(38)24-30/h6-8,10-15,20-21,23-24,26,40H,3-4,16-19,22,25H2,1-2H3/t26-,36?,37?/m1/s1. The molecule has 1 atom stereocenters. The second kappa shape index (κ2) is 13.1. The Kier molecular flexibility index (Phi) is 8.98. The number of hydrogen-bond acceptors (Lipinski definition) is 6. The molecule has 0 aliphatic heterocycles. The van der Waals surface area contributed by atoms with Crippen LogP contribution in [0.4, 0.5) is 5.69 Å². The predicted molar refractivity (Wildman–Crippen MR) is 180 cm³/mol. The SMILES string of the molecule is CCCC#C[C@@H](COc1ccnc2ccsc12)CC1=Cc2ccccc2C12CCC(Nc1cccc(Cl)c1)(C(=O)OC)CC2. The predicted octanol–water partition coefficient (Wildman–Crippen LogP) is 9.07. The number of hydrogen-bond donors (Lipinski definition) is 1. The number of anilines is 1. The number of ether oxygens (including phenoxy) is 2. The second-order valence-corrected chi connectivity index (χ2v) is 13.1. The van der Waals surface area contributed by atoms with Gasteiger partial charge in [-0.1, -0.05) is 66.4 Å². The lowest BCUT2D eigenvalue weighted by Crippen LogP contribution is -2.52.